The van der Waals surface area contributed by atoms with Gasteiger partial charge in [-0.1, -0.05) is 0 Å². The number of aromatic nitrogens is 2. The van der Waals surface area contributed by atoms with Gasteiger partial charge >= 0.3 is 5.97 Å². The van der Waals surface area contributed by atoms with Crippen molar-refractivity contribution < 1.29 is 19.4 Å². The zero-order chi connectivity index (χ0) is 13.6. The third kappa shape index (κ3) is 1.86. The molecule has 7 heteroatoms. The molecule has 0 saturated carbocycles. The molecule has 1 aliphatic heterocycles. The second-order valence-electron chi connectivity index (χ2n) is 4.00. The van der Waals surface area contributed by atoms with Crippen molar-refractivity contribution in [2.24, 2.45) is 7.05 Å². The van der Waals surface area contributed by atoms with Crippen LogP contribution in [0.1, 0.15) is 10.5 Å². The summed E-state index contributed by atoms with van der Waals surface area (Å²) in [5.74, 6) is 0.160. The largest absolute Gasteiger partial charge is 0.476 e. The Balaban J connectivity index is 2.22. The van der Waals surface area contributed by atoms with Gasteiger partial charge in [0.15, 0.2) is 17.2 Å². The van der Waals surface area contributed by atoms with Crippen molar-refractivity contribution in [2.45, 2.75) is 0 Å². The van der Waals surface area contributed by atoms with E-state index in [4.69, 9.17) is 14.6 Å². The van der Waals surface area contributed by atoms with E-state index in [0.717, 1.165) is 10.0 Å². The number of hydrogen-bond donors (Lipinski definition) is 1. The summed E-state index contributed by atoms with van der Waals surface area (Å²) in [6, 6.07) is 5.13. The normalized spacial score (nSPS) is 12.7. The Morgan fingerprint density at radius 2 is 2.26 bits per heavy atom. The van der Waals surface area contributed by atoms with Gasteiger partial charge in [0, 0.05) is 11.5 Å². The molecular formula is C12H9BrN2O4. The first kappa shape index (κ1) is 12.0. The molecule has 6 nitrogen and oxygen atoms in total. The van der Waals surface area contributed by atoms with Gasteiger partial charge < -0.3 is 14.6 Å². The van der Waals surface area contributed by atoms with Gasteiger partial charge in [0.25, 0.3) is 0 Å². The van der Waals surface area contributed by atoms with Gasteiger partial charge in [-0.3, -0.25) is 4.68 Å². The van der Waals surface area contributed by atoms with Crippen LogP contribution in [0.25, 0.3) is 11.3 Å². The lowest BCUT2D eigenvalue weighted by atomic mass is 10.1. The second kappa shape index (κ2) is 4.27. The van der Waals surface area contributed by atoms with Crippen LogP contribution in [0.2, 0.25) is 0 Å². The third-order valence-corrected chi connectivity index (χ3v) is 3.50. The molecule has 0 unspecified atom stereocenters. The molecule has 0 bridgehead atoms. The van der Waals surface area contributed by atoms with Crippen molar-refractivity contribution in [3.63, 3.8) is 0 Å². The molecule has 2 aromatic rings. The summed E-state index contributed by atoms with van der Waals surface area (Å²) in [6.07, 6.45) is 0. The number of carboxylic acid groups (broad SMARTS) is 1. The summed E-state index contributed by atoms with van der Waals surface area (Å²) in [5, 5.41) is 12.9. The van der Waals surface area contributed by atoms with Crippen LogP contribution in [0, 0.1) is 0 Å². The summed E-state index contributed by atoms with van der Waals surface area (Å²) in [7, 11) is 1.68. The summed E-state index contributed by atoms with van der Waals surface area (Å²) >= 11 is 3.44. The summed E-state index contributed by atoms with van der Waals surface area (Å²) in [5.41, 5.74) is 1.37. The smallest absolute Gasteiger partial charge is 0.356 e. The van der Waals surface area contributed by atoms with E-state index in [1.165, 1.54) is 10.7 Å². The Morgan fingerprint density at radius 1 is 1.47 bits per heavy atom. The van der Waals surface area contributed by atoms with Gasteiger partial charge in [-0.05, 0) is 34.1 Å². The highest BCUT2D eigenvalue weighted by molar-refractivity contribution is 9.10. The van der Waals surface area contributed by atoms with E-state index in [0.29, 0.717) is 17.2 Å². The molecule has 0 fully saturated rings. The molecule has 3 rings (SSSR count). The number of benzene rings is 1. The molecule has 1 aliphatic rings. The highest BCUT2D eigenvalue weighted by Gasteiger charge is 2.24. The van der Waals surface area contributed by atoms with Crippen LogP contribution in [-0.2, 0) is 7.05 Å². The number of carboxylic acids is 1. The fourth-order valence-electron chi connectivity index (χ4n) is 1.99. The number of aryl methyl sites for hydroxylation is 1. The van der Waals surface area contributed by atoms with Crippen LogP contribution in [0.3, 0.4) is 0 Å². The highest BCUT2D eigenvalue weighted by atomic mass is 79.9. The molecule has 2 heterocycles. The predicted octanol–water partition coefficient (Wildman–Crippen LogP) is 2.28. The second-order valence-corrected chi connectivity index (χ2v) is 4.85. The van der Waals surface area contributed by atoms with Crippen LogP contribution >= 0.6 is 15.9 Å². The van der Waals surface area contributed by atoms with E-state index in [9.17, 15) is 4.79 Å². The molecular weight excluding hydrogens is 316 g/mol. The van der Waals surface area contributed by atoms with Gasteiger partial charge in [-0.2, -0.15) is 5.10 Å². The Labute approximate surface area is 116 Å². The van der Waals surface area contributed by atoms with Crippen molar-refractivity contribution in [1.82, 2.24) is 9.78 Å². The van der Waals surface area contributed by atoms with Gasteiger partial charge in [-0.25, -0.2) is 4.79 Å². The number of rotatable bonds is 2. The molecule has 98 valence electrons. The third-order valence-electron chi connectivity index (χ3n) is 2.84. The summed E-state index contributed by atoms with van der Waals surface area (Å²) in [6.45, 7) is 0.155. The Morgan fingerprint density at radius 3 is 2.95 bits per heavy atom. The minimum absolute atomic E-state index is 0.0130. The average molecular weight is 325 g/mol. The SMILES string of the molecule is Cn1nc(C(=O)O)cc1-c1c(Br)ccc2c1OCO2. The molecule has 1 aromatic carbocycles. The van der Waals surface area contributed by atoms with E-state index in [-0.39, 0.29) is 12.5 Å². The molecule has 1 aromatic heterocycles. The first-order valence-electron chi connectivity index (χ1n) is 5.43. The van der Waals surface area contributed by atoms with Crippen LogP contribution in [0.15, 0.2) is 22.7 Å². The van der Waals surface area contributed by atoms with Crippen molar-refractivity contribution in [2.75, 3.05) is 6.79 Å². The maximum absolute atomic E-state index is 11.0. The van der Waals surface area contributed by atoms with Crippen molar-refractivity contribution in [1.29, 1.82) is 0 Å². The minimum Gasteiger partial charge on any atom is -0.476 e. The van der Waals surface area contributed by atoms with Gasteiger partial charge in [-0.15, -0.1) is 0 Å². The molecule has 0 aliphatic carbocycles. The Bertz CT molecular complexity index is 681. The number of carbonyl (C=O) groups is 1. The van der Waals surface area contributed by atoms with Crippen molar-refractivity contribution in [3.05, 3.63) is 28.4 Å². The lowest BCUT2D eigenvalue weighted by Gasteiger charge is -2.08. The van der Waals surface area contributed by atoms with E-state index >= 15 is 0 Å². The number of nitrogens with zero attached hydrogens (tertiary/aromatic N) is 2. The van der Waals surface area contributed by atoms with E-state index in [1.807, 2.05) is 6.07 Å². The highest BCUT2D eigenvalue weighted by Crippen LogP contribution is 2.45. The van der Waals surface area contributed by atoms with E-state index in [1.54, 1.807) is 13.1 Å². The number of ether oxygens (including phenoxy) is 2. The first-order chi connectivity index (χ1) is 9.08. The van der Waals surface area contributed by atoms with E-state index < -0.39 is 5.97 Å². The number of hydrogen-bond acceptors (Lipinski definition) is 4. The molecule has 19 heavy (non-hydrogen) atoms. The topological polar surface area (TPSA) is 73.6 Å². The van der Waals surface area contributed by atoms with Crippen LogP contribution in [0.5, 0.6) is 11.5 Å². The summed E-state index contributed by atoms with van der Waals surface area (Å²) in [4.78, 5) is 11.0. The van der Waals surface area contributed by atoms with Crippen LogP contribution in [-0.4, -0.2) is 27.6 Å². The number of fused-ring (bicyclic) bond motifs is 1. The monoisotopic (exact) mass is 324 g/mol. The standard InChI is InChI=1S/C12H9BrN2O4/c1-15-8(4-7(14-15)12(16)17)10-6(13)2-3-9-11(10)19-5-18-9/h2-4H,5H2,1H3,(H,16,17). The molecule has 0 radical (unpaired) electrons. The van der Waals surface area contributed by atoms with Crippen LogP contribution < -0.4 is 9.47 Å². The zero-order valence-corrected chi connectivity index (χ0v) is 11.5. The van der Waals surface area contributed by atoms with Crippen molar-refractivity contribution in [3.8, 4) is 22.8 Å². The molecule has 0 amide bonds. The predicted molar refractivity (Wildman–Crippen MR) is 69.4 cm³/mol. The molecule has 0 atom stereocenters. The first-order valence-corrected chi connectivity index (χ1v) is 6.23. The maximum Gasteiger partial charge on any atom is 0.356 e. The fraction of sp³-hybridized carbons (Fsp3) is 0.167. The van der Waals surface area contributed by atoms with Gasteiger partial charge in [0.1, 0.15) is 0 Å². The van der Waals surface area contributed by atoms with Gasteiger partial charge in [0.2, 0.25) is 6.79 Å². The Hall–Kier alpha value is -2.02. The van der Waals surface area contributed by atoms with Gasteiger partial charge in [0.05, 0.1) is 11.3 Å². The number of aromatic carboxylic acids is 1. The lowest BCUT2D eigenvalue weighted by Crippen LogP contribution is -1.99. The number of halogens is 1. The molecule has 0 spiro atoms. The average Bonchev–Trinajstić information content (AvgIpc) is 2.96. The molecule has 0 saturated heterocycles. The van der Waals surface area contributed by atoms with Crippen LogP contribution in [0.4, 0.5) is 0 Å². The lowest BCUT2D eigenvalue weighted by molar-refractivity contribution is 0.0689. The Kier molecular flexibility index (Phi) is 2.70. The minimum atomic E-state index is -1.07. The van der Waals surface area contributed by atoms with Crippen molar-refractivity contribution >= 4 is 21.9 Å². The molecule has 1 N–H and O–H groups in total. The summed E-state index contributed by atoms with van der Waals surface area (Å²) < 4.78 is 13.1. The van der Waals surface area contributed by atoms with E-state index in [2.05, 4.69) is 21.0 Å². The maximum atomic E-state index is 11.0. The zero-order valence-electron chi connectivity index (χ0n) is 9.88. The fourth-order valence-corrected chi connectivity index (χ4v) is 2.51. The quantitative estimate of drug-likeness (QED) is 0.917.